The minimum absolute atomic E-state index is 0.0133. The van der Waals surface area contributed by atoms with Gasteiger partial charge in [0, 0.05) is 15.5 Å². The average molecular weight is 380 g/mol. The number of carbonyl (C=O) groups is 1. The third-order valence-electron chi connectivity index (χ3n) is 3.14. The number of carbonyl (C=O) groups excluding carboxylic acids is 1. The van der Waals surface area contributed by atoms with Gasteiger partial charge in [-0.2, -0.15) is 0 Å². The summed E-state index contributed by atoms with van der Waals surface area (Å²) < 4.78 is 5.49. The zero-order chi connectivity index (χ0) is 17.1. The minimum atomic E-state index is -0.476. The number of hydrogen-bond donors (Lipinski definition) is 1. The molecular weight excluding hydrogens is 369 g/mol. The molecule has 1 N–H and O–H groups in total. The third-order valence-corrected chi connectivity index (χ3v) is 4.43. The first kappa shape index (κ1) is 16.8. The Bertz CT molecular complexity index is 899. The van der Waals surface area contributed by atoms with Crippen molar-refractivity contribution in [3.63, 3.8) is 0 Å². The highest BCUT2D eigenvalue weighted by Crippen LogP contribution is 2.25. The number of thioether (sulfide) groups is 1. The van der Waals surface area contributed by atoms with E-state index < -0.39 is 5.91 Å². The van der Waals surface area contributed by atoms with Gasteiger partial charge in [0.05, 0.1) is 10.6 Å². The topological polar surface area (TPSA) is 68.0 Å². The van der Waals surface area contributed by atoms with Crippen LogP contribution in [-0.4, -0.2) is 22.4 Å². The standard InChI is InChI=1S/C16H11Cl2N3O2S/c1-24-11-4-2-3-9(7-11)15-20-21-16(23-15)19-14(22)12-8-10(17)5-6-13(12)18/h2-8H,1H3,(H,19,21,22). The Kier molecular flexibility index (Phi) is 5.08. The fourth-order valence-electron chi connectivity index (χ4n) is 1.98. The van der Waals surface area contributed by atoms with E-state index in [2.05, 4.69) is 15.5 Å². The van der Waals surface area contributed by atoms with Crippen LogP contribution in [0.25, 0.3) is 11.5 Å². The molecule has 8 heteroatoms. The Morgan fingerprint density at radius 2 is 2.00 bits per heavy atom. The second-order valence-electron chi connectivity index (χ2n) is 4.72. The SMILES string of the molecule is CSc1cccc(-c2nnc(NC(=O)c3cc(Cl)ccc3Cl)o2)c1. The van der Waals surface area contributed by atoms with Gasteiger partial charge in [-0.25, -0.2) is 0 Å². The summed E-state index contributed by atoms with van der Waals surface area (Å²) in [4.78, 5) is 13.3. The summed E-state index contributed by atoms with van der Waals surface area (Å²) in [5, 5.41) is 11.0. The van der Waals surface area contributed by atoms with E-state index in [1.807, 2.05) is 30.5 Å². The predicted octanol–water partition coefficient (Wildman–Crippen LogP) is 5.02. The molecule has 0 fully saturated rings. The normalized spacial score (nSPS) is 10.6. The molecule has 0 unspecified atom stereocenters. The molecule has 2 aromatic carbocycles. The number of halogens is 2. The van der Waals surface area contributed by atoms with Gasteiger partial charge >= 0.3 is 6.01 Å². The van der Waals surface area contributed by atoms with E-state index in [0.29, 0.717) is 10.9 Å². The summed E-state index contributed by atoms with van der Waals surface area (Å²) in [5.74, 6) is -0.158. The fourth-order valence-corrected chi connectivity index (χ4v) is 2.82. The van der Waals surface area contributed by atoms with Crippen LogP contribution in [0.2, 0.25) is 10.0 Å². The van der Waals surface area contributed by atoms with Crippen molar-refractivity contribution in [3.05, 3.63) is 58.1 Å². The number of hydrogen-bond acceptors (Lipinski definition) is 5. The summed E-state index contributed by atoms with van der Waals surface area (Å²) in [7, 11) is 0. The Morgan fingerprint density at radius 1 is 1.17 bits per heavy atom. The molecule has 0 aliphatic carbocycles. The molecule has 0 radical (unpaired) electrons. The number of rotatable bonds is 4. The highest BCUT2D eigenvalue weighted by Gasteiger charge is 2.15. The van der Waals surface area contributed by atoms with Crippen LogP contribution in [0.3, 0.4) is 0 Å². The summed E-state index contributed by atoms with van der Waals surface area (Å²) in [6.45, 7) is 0. The lowest BCUT2D eigenvalue weighted by atomic mass is 10.2. The first-order valence-corrected chi connectivity index (χ1v) is 8.79. The smallest absolute Gasteiger partial charge is 0.322 e. The van der Waals surface area contributed by atoms with Crippen LogP contribution >= 0.6 is 35.0 Å². The number of benzene rings is 2. The summed E-state index contributed by atoms with van der Waals surface area (Å²) in [5.41, 5.74) is 1.00. The monoisotopic (exact) mass is 379 g/mol. The van der Waals surface area contributed by atoms with Gasteiger partial charge < -0.3 is 4.42 Å². The minimum Gasteiger partial charge on any atom is -0.403 e. The number of nitrogens with zero attached hydrogens (tertiary/aromatic N) is 2. The molecule has 0 bridgehead atoms. The molecule has 0 saturated carbocycles. The lowest BCUT2D eigenvalue weighted by Crippen LogP contribution is -2.12. The van der Waals surface area contributed by atoms with E-state index in [1.54, 1.807) is 23.9 Å². The zero-order valence-corrected chi connectivity index (χ0v) is 14.7. The van der Waals surface area contributed by atoms with Crippen LogP contribution in [0, 0.1) is 0 Å². The van der Waals surface area contributed by atoms with Crippen LogP contribution in [0.1, 0.15) is 10.4 Å². The molecule has 24 heavy (non-hydrogen) atoms. The molecule has 122 valence electrons. The molecule has 5 nitrogen and oxygen atoms in total. The van der Waals surface area contributed by atoms with Gasteiger partial charge in [0.2, 0.25) is 5.89 Å². The quantitative estimate of drug-likeness (QED) is 0.644. The van der Waals surface area contributed by atoms with Crippen molar-refractivity contribution in [1.29, 1.82) is 0 Å². The largest absolute Gasteiger partial charge is 0.403 e. The van der Waals surface area contributed by atoms with Gasteiger partial charge in [-0.15, -0.1) is 16.9 Å². The highest BCUT2D eigenvalue weighted by atomic mass is 35.5. The van der Waals surface area contributed by atoms with Gasteiger partial charge in [-0.1, -0.05) is 34.4 Å². The van der Waals surface area contributed by atoms with Crippen LogP contribution in [0.4, 0.5) is 6.01 Å². The average Bonchev–Trinajstić information content (AvgIpc) is 3.05. The van der Waals surface area contributed by atoms with Crippen molar-refractivity contribution in [2.24, 2.45) is 0 Å². The van der Waals surface area contributed by atoms with E-state index >= 15 is 0 Å². The van der Waals surface area contributed by atoms with Crippen molar-refractivity contribution in [2.45, 2.75) is 4.90 Å². The molecule has 0 saturated heterocycles. The second kappa shape index (κ2) is 7.25. The molecule has 0 spiro atoms. The Hall–Kier alpha value is -2.02. The molecule has 1 heterocycles. The van der Waals surface area contributed by atoms with E-state index in [9.17, 15) is 4.79 Å². The number of nitrogens with one attached hydrogen (secondary N) is 1. The van der Waals surface area contributed by atoms with E-state index in [4.69, 9.17) is 27.6 Å². The predicted molar refractivity (Wildman–Crippen MR) is 95.9 cm³/mol. The lowest BCUT2D eigenvalue weighted by molar-refractivity contribution is 0.102. The summed E-state index contributed by atoms with van der Waals surface area (Å²) in [6, 6.07) is 12.3. The van der Waals surface area contributed by atoms with E-state index in [1.165, 1.54) is 6.07 Å². The van der Waals surface area contributed by atoms with Gasteiger partial charge in [0.25, 0.3) is 5.91 Å². The fraction of sp³-hybridized carbons (Fsp3) is 0.0625. The van der Waals surface area contributed by atoms with E-state index in [-0.39, 0.29) is 16.6 Å². The molecule has 3 rings (SSSR count). The van der Waals surface area contributed by atoms with Crippen LogP contribution < -0.4 is 5.32 Å². The molecule has 1 aromatic heterocycles. The van der Waals surface area contributed by atoms with Crippen molar-refractivity contribution >= 4 is 46.9 Å². The summed E-state index contributed by atoms with van der Waals surface area (Å²) >= 11 is 13.5. The molecule has 1 amide bonds. The van der Waals surface area contributed by atoms with E-state index in [0.717, 1.165) is 10.5 Å². The summed E-state index contributed by atoms with van der Waals surface area (Å²) in [6.07, 6.45) is 1.98. The second-order valence-corrected chi connectivity index (χ2v) is 6.45. The van der Waals surface area contributed by atoms with Gasteiger partial charge in [0.15, 0.2) is 0 Å². The van der Waals surface area contributed by atoms with Crippen molar-refractivity contribution < 1.29 is 9.21 Å². The number of amides is 1. The molecule has 3 aromatic rings. The van der Waals surface area contributed by atoms with Crippen LogP contribution in [0.5, 0.6) is 0 Å². The molecule has 0 aliphatic rings. The van der Waals surface area contributed by atoms with Crippen LogP contribution in [0.15, 0.2) is 51.8 Å². The highest BCUT2D eigenvalue weighted by molar-refractivity contribution is 7.98. The Balaban J connectivity index is 1.81. The molecule has 0 aliphatic heterocycles. The first-order valence-electron chi connectivity index (χ1n) is 6.81. The number of aromatic nitrogens is 2. The van der Waals surface area contributed by atoms with Gasteiger partial charge in [-0.05, 0) is 42.7 Å². The van der Waals surface area contributed by atoms with Gasteiger partial charge in [0.1, 0.15) is 0 Å². The Labute approximate surface area is 152 Å². The van der Waals surface area contributed by atoms with Crippen LogP contribution in [-0.2, 0) is 0 Å². The Morgan fingerprint density at radius 3 is 2.79 bits per heavy atom. The maximum absolute atomic E-state index is 12.2. The zero-order valence-electron chi connectivity index (χ0n) is 12.4. The van der Waals surface area contributed by atoms with Gasteiger partial charge in [-0.3, -0.25) is 10.1 Å². The molecular formula is C16H11Cl2N3O2S. The molecule has 0 atom stereocenters. The number of anilines is 1. The van der Waals surface area contributed by atoms with Crippen molar-refractivity contribution in [1.82, 2.24) is 10.2 Å². The maximum atomic E-state index is 12.2. The van der Waals surface area contributed by atoms with Crippen molar-refractivity contribution in [2.75, 3.05) is 11.6 Å². The maximum Gasteiger partial charge on any atom is 0.322 e. The van der Waals surface area contributed by atoms with Crippen molar-refractivity contribution in [3.8, 4) is 11.5 Å². The first-order chi connectivity index (χ1) is 11.6. The third kappa shape index (κ3) is 3.72. The lowest BCUT2D eigenvalue weighted by Gasteiger charge is -2.03.